The lowest BCUT2D eigenvalue weighted by Crippen LogP contribution is -2.22. The van der Waals surface area contributed by atoms with Gasteiger partial charge >= 0.3 is 0 Å². The van der Waals surface area contributed by atoms with Gasteiger partial charge in [0.2, 0.25) is 5.88 Å². The molecule has 0 fully saturated rings. The highest BCUT2D eigenvalue weighted by atomic mass is 35.5. The summed E-state index contributed by atoms with van der Waals surface area (Å²) in [6, 6.07) is 2.32. The van der Waals surface area contributed by atoms with E-state index in [1.54, 1.807) is 6.20 Å². The predicted molar refractivity (Wildman–Crippen MR) is 67.0 cm³/mol. The van der Waals surface area contributed by atoms with E-state index in [1.807, 2.05) is 19.9 Å². The molecular formula is C12H19ClN2O. The van der Waals surface area contributed by atoms with Gasteiger partial charge in [0, 0.05) is 24.8 Å². The molecule has 0 atom stereocenters. The largest absolute Gasteiger partial charge is 0.475 e. The second-order valence-corrected chi connectivity index (χ2v) is 4.72. The molecule has 0 saturated carbocycles. The Kier molecular flexibility index (Phi) is 5.03. The fourth-order valence-corrected chi connectivity index (χ4v) is 1.38. The number of hydrogen-bond acceptors (Lipinski definition) is 3. The van der Waals surface area contributed by atoms with Crippen LogP contribution in [0.5, 0.6) is 5.88 Å². The quantitative estimate of drug-likeness (QED) is 0.862. The number of ether oxygens (including phenoxy) is 1. The lowest BCUT2D eigenvalue weighted by Gasteiger charge is -2.12. The maximum Gasteiger partial charge on any atom is 0.213 e. The highest BCUT2D eigenvalue weighted by Crippen LogP contribution is 2.20. The fourth-order valence-electron chi connectivity index (χ4n) is 1.21. The van der Waals surface area contributed by atoms with Gasteiger partial charge in [0.15, 0.2) is 0 Å². The molecule has 1 heterocycles. The summed E-state index contributed by atoms with van der Waals surface area (Å²) in [5.41, 5.74) is 1.01. The molecule has 0 aliphatic carbocycles. The molecule has 0 amide bonds. The molecule has 1 aromatic heterocycles. The van der Waals surface area contributed by atoms with Crippen molar-refractivity contribution in [3.8, 4) is 5.88 Å². The van der Waals surface area contributed by atoms with Crippen molar-refractivity contribution in [2.75, 3.05) is 0 Å². The zero-order valence-electron chi connectivity index (χ0n) is 10.2. The zero-order valence-corrected chi connectivity index (χ0v) is 11.0. The van der Waals surface area contributed by atoms with Crippen LogP contribution in [0, 0.1) is 0 Å². The third-order valence-corrected chi connectivity index (χ3v) is 2.31. The van der Waals surface area contributed by atoms with E-state index in [0.29, 0.717) is 16.9 Å². The van der Waals surface area contributed by atoms with Crippen molar-refractivity contribution >= 4 is 11.6 Å². The van der Waals surface area contributed by atoms with E-state index in [2.05, 4.69) is 24.1 Å². The fraction of sp³-hybridized carbons (Fsp3) is 0.583. The van der Waals surface area contributed by atoms with Crippen molar-refractivity contribution in [1.82, 2.24) is 10.3 Å². The first-order chi connectivity index (χ1) is 7.49. The van der Waals surface area contributed by atoms with E-state index in [9.17, 15) is 0 Å². The van der Waals surface area contributed by atoms with E-state index >= 15 is 0 Å². The normalized spacial score (nSPS) is 11.2. The van der Waals surface area contributed by atoms with Crippen molar-refractivity contribution in [2.45, 2.75) is 46.4 Å². The molecule has 1 N–H and O–H groups in total. The highest BCUT2D eigenvalue weighted by Gasteiger charge is 2.06. The Bertz CT molecular complexity index is 340. The minimum atomic E-state index is 0.125. The smallest absolute Gasteiger partial charge is 0.213 e. The summed E-state index contributed by atoms with van der Waals surface area (Å²) < 4.78 is 5.52. The van der Waals surface area contributed by atoms with Gasteiger partial charge in [-0.15, -0.1) is 0 Å². The maximum atomic E-state index is 6.06. The Hall–Kier alpha value is -0.800. The molecule has 90 valence electrons. The number of rotatable bonds is 5. The van der Waals surface area contributed by atoms with Gasteiger partial charge < -0.3 is 10.1 Å². The first-order valence-electron chi connectivity index (χ1n) is 5.53. The Balaban J connectivity index is 2.74. The molecule has 0 saturated heterocycles. The monoisotopic (exact) mass is 242 g/mol. The van der Waals surface area contributed by atoms with E-state index in [1.165, 1.54) is 0 Å². The number of halogens is 1. The van der Waals surface area contributed by atoms with E-state index in [0.717, 1.165) is 12.1 Å². The van der Waals surface area contributed by atoms with Crippen LogP contribution < -0.4 is 10.1 Å². The minimum absolute atomic E-state index is 0.125. The summed E-state index contributed by atoms with van der Waals surface area (Å²) in [7, 11) is 0. The van der Waals surface area contributed by atoms with Crippen LogP contribution in [-0.2, 0) is 6.54 Å². The molecule has 1 rings (SSSR count). The summed E-state index contributed by atoms with van der Waals surface area (Å²) in [6.45, 7) is 8.87. The van der Waals surface area contributed by atoms with Gasteiger partial charge in [-0.2, -0.15) is 0 Å². The standard InChI is InChI=1S/C12H19ClN2O/c1-8(2)14-6-10-5-12(16-9(3)4)15-7-11(10)13/h5,7-9,14H,6H2,1-4H3. The van der Waals surface area contributed by atoms with E-state index < -0.39 is 0 Å². The molecule has 0 radical (unpaired) electrons. The van der Waals surface area contributed by atoms with Crippen LogP contribution in [-0.4, -0.2) is 17.1 Å². The predicted octanol–water partition coefficient (Wildman–Crippen LogP) is 3.02. The van der Waals surface area contributed by atoms with Crippen LogP contribution in [0.3, 0.4) is 0 Å². The molecule has 0 aliphatic rings. The van der Waals surface area contributed by atoms with Crippen LogP contribution in [0.1, 0.15) is 33.3 Å². The zero-order chi connectivity index (χ0) is 12.1. The highest BCUT2D eigenvalue weighted by molar-refractivity contribution is 6.31. The number of nitrogens with zero attached hydrogens (tertiary/aromatic N) is 1. The summed E-state index contributed by atoms with van der Waals surface area (Å²) in [4.78, 5) is 4.12. The Morgan fingerprint density at radius 3 is 2.62 bits per heavy atom. The SMILES string of the molecule is CC(C)NCc1cc(OC(C)C)ncc1Cl. The van der Waals surface area contributed by atoms with Gasteiger partial charge in [0.05, 0.1) is 11.1 Å². The number of aromatic nitrogens is 1. The van der Waals surface area contributed by atoms with Gasteiger partial charge in [-0.3, -0.25) is 0 Å². The van der Waals surface area contributed by atoms with Crippen LogP contribution in [0.25, 0.3) is 0 Å². The second kappa shape index (κ2) is 6.06. The summed E-state index contributed by atoms with van der Waals surface area (Å²) in [5.74, 6) is 0.625. The van der Waals surface area contributed by atoms with Crippen LogP contribution in [0.4, 0.5) is 0 Å². The van der Waals surface area contributed by atoms with Crippen LogP contribution in [0.2, 0.25) is 5.02 Å². The molecule has 3 nitrogen and oxygen atoms in total. The Morgan fingerprint density at radius 2 is 2.06 bits per heavy atom. The van der Waals surface area contributed by atoms with Crippen molar-refractivity contribution < 1.29 is 4.74 Å². The molecule has 0 spiro atoms. The van der Waals surface area contributed by atoms with Gasteiger partial charge in [-0.25, -0.2) is 4.98 Å². The Morgan fingerprint density at radius 1 is 1.38 bits per heavy atom. The van der Waals surface area contributed by atoms with E-state index in [-0.39, 0.29) is 6.10 Å². The van der Waals surface area contributed by atoms with Crippen molar-refractivity contribution in [1.29, 1.82) is 0 Å². The van der Waals surface area contributed by atoms with Gasteiger partial charge in [0.25, 0.3) is 0 Å². The average Bonchev–Trinajstić information content (AvgIpc) is 2.18. The van der Waals surface area contributed by atoms with Gasteiger partial charge in [-0.1, -0.05) is 25.4 Å². The number of pyridine rings is 1. The molecule has 0 aromatic carbocycles. The summed E-state index contributed by atoms with van der Waals surface area (Å²) in [5, 5.41) is 3.99. The molecular weight excluding hydrogens is 224 g/mol. The first kappa shape index (κ1) is 13.3. The lowest BCUT2D eigenvalue weighted by molar-refractivity contribution is 0.232. The molecule has 0 bridgehead atoms. The summed E-state index contributed by atoms with van der Waals surface area (Å²) >= 11 is 6.06. The van der Waals surface area contributed by atoms with Crippen molar-refractivity contribution in [3.63, 3.8) is 0 Å². The number of nitrogens with one attached hydrogen (secondary N) is 1. The first-order valence-corrected chi connectivity index (χ1v) is 5.91. The van der Waals surface area contributed by atoms with Crippen molar-refractivity contribution in [3.05, 3.63) is 22.8 Å². The summed E-state index contributed by atoms with van der Waals surface area (Å²) in [6.07, 6.45) is 1.76. The van der Waals surface area contributed by atoms with E-state index in [4.69, 9.17) is 16.3 Å². The molecule has 16 heavy (non-hydrogen) atoms. The van der Waals surface area contributed by atoms with Crippen molar-refractivity contribution in [2.24, 2.45) is 0 Å². The molecule has 0 unspecified atom stereocenters. The minimum Gasteiger partial charge on any atom is -0.475 e. The van der Waals surface area contributed by atoms with Crippen LogP contribution in [0.15, 0.2) is 12.3 Å². The third kappa shape index (κ3) is 4.37. The maximum absolute atomic E-state index is 6.06. The van der Waals surface area contributed by atoms with Gasteiger partial charge in [0.1, 0.15) is 0 Å². The Labute approximate surface area is 102 Å². The topological polar surface area (TPSA) is 34.1 Å². The van der Waals surface area contributed by atoms with Gasteiger partial charge in [-0.05, 0) is 19.4 Å². The molecule has 0 aliphatic heterocycles. The average molecular weight is 243 g/mol. The third-order valence-electron chi connectivity index (χ3n) is 1.97. The molecule has 1 aromatic rings. The lowest BCUT2D eigenvalue weighted by atomic mass is 10.2. The number of hydrogen-bond donors (Lipinski definition) is 1. The molecule has 4 heteroatoms. The second-order valence-electron chi connectivity index (χ2n) is 4.32. The van der Waals surface area contributed by atoms with Crippen LogP contribution >= 0.6 is 11.6 Å².